The molecule has 2 amide bonds. The largest absolute Gasteiger partial charge is 0.274 e. The number of imide groups is 1. The van der Waals surface area contributed by atoms with Crippen LogP contribution in [0, 0.1) is 5.92 Å². The van der Waals surface area contributed by atoms with Gasteiger partial charge in [0.25, 0.3) is 11.8 Å². The summed E-state index contributed by atoms with van der Waals surface area (Å²) in [5.74, 6) is -0.0113. The first kappa shape index (κ1) is 9.33. The normalized spacial score (nSPS) is 22.6. The molecular weight excluding hydrogens is 202 g/mol. The van der Waals surface area contributed by atoms with Crippen LogP contribution in [0.2, 0.25) is 0 Å². The summed E-state index contributed by atoms with van der Waals surface area (Å²) in [5.41, 5.74) is 2.19. The highest BCUT2D eigenvalue weighted by Gasteiger charge is 2.39. The van der Waals surface area contributed by atoms with Crippen molar-refractivity contribution in [2.24, 2.45) is 5.92 Å². The molecule has 1 heterocycles. The number of amides is 2. The number of hydrogen-bond donors (Lipinski definition) is 0. The smallest absolute Gasteiger partial charge is 0.261 e. The fourth-order valence-electron chi connectivity index (χ4n) is 2.08. The summed E-state index contributed by atoms with van der Waals surface area (Å²) in [6.07, 6.45) is 0.938. The second kappa shape index (κ2) is 3.04. The Morgan fingerprint density at radius 2 is 1.69 bits per heavy atom. The van der Waals surface area contributed by atoms with Gasteiger partial charge in [0.05, 0.1) is 11.1 Å². The molecule has 1 saturated carbocycles. The van der Waals surface area contributed by atoms with Crippen molar-refractivity contribution >= 4 is 11.8 Å². The zero-order valence-corrected chi connectivity index (χ0v) is 8.77. The van der Waals surface area contributed by atoms with Crippen LogP contribution in [-0.4, -0.2) is 23.3 Å². The molecule has 1 fully saturated rings. The Morgan fingerprint density at radius 3 is 2.12 bits per heavy atom. The van der Waals surface area contributed by atoms with Gasteiger partial charge in [-0.1, -0.05) is 24.3 Å². The average molecular weight is 213 g/mol. The van der Waals surface area contributed by atoms with Gasteiger partial charge in [0, 0.05) is 12.5 Å². The van der Waals surface area contributed by atoms with Gasteiger partial charge in [-0.15, -0.1) is 0 Å². The second-order valence-corrected chi connectivity index (χ2v) is 4.33. The highest BCUT2D eigenvalue weighted by atomic mass is 16.2. The Kier molecular flexibility index (Phi) is 1.78. The lowest BCUT2D eigenvalue weighted by Crippen LogP contribution is -2.31. The molecule has 1 aliphatic heterocycles. The fourth-order valence-corrected chi connectivity index (χ4v) is 2.08. The number of carbonyl (C=O) groups excluding carboxylic acids is 2. The Balaban J connectivity index is 1.92. The lowest BCUT2D eigenvalue weighted by Gasteiger charge is -2.12. The van der Waals surface area contributed by atoms with Crippen LogP contribution < -0.4 is 0 Å². The van der Waals surface area contributed by atoms with Crippen LogP contribution in [0.3, 0.4) is 0 Å². The molecule has 0 aromatic heterocycles. The minimum atomic E-state index is -0.166. The molecule has 1 aliphatic carbocycles. The summed E-state index contributed by atoms with van der Waals surface area (Å²) in [7, 11) is 0. The summed E-state index contributed by atoms with van der Waals surface area (Å²) in [4.78, 5) is 25.2. The van der Waals surface area contributed by atoms with Crippen molar-refractivity contribution in [3.05, 3.63) is 47.5 Å². The zero-order valence-electron chi connectivity index (χ0n) is 8.77. The highest BCUT2D eigenvalue weighted by molar-refractivity contribution is 6.21. The van der Waals surface area contributed by atoms with E-state index < -0.39 is 0 Å². The monoisotopic (exact) mass is 213 g/mol. The third kappa shape index (κ3) is 1.21. The van der Waals surface area contributed by atoms with Crippen molar-refractivity contribution in [2.45, 2.75) is 6.42 Å². The van der Waals surface area contributed by atoms with E-state index in [0.717, 1.165) is 12.0 Å². The summed E-state index contributed by atoms with van der Waals surface area (Å²) >= 11 is 0. The predicted molar refractivity (Wildman–Crippen MR) is 59.1 cm³/mol. The van der Waals surface area contributed by atoms with Crippen LogP contribution in [-0.2, 0) is 0 Å². The minimum absolute atomic E-state index is 0.166. The van der Waals surface area contributed by atoms with Crippen LogP contribution in [0.25, 0.3) is 0 Å². The molecule has 1 aromatic rings. The van der Waals surface area contributed by atoms with Crippen LogP contribution in [0.5, 0.6) is 0 Å². The Morgan fingerprint density at radius 1 is 1.19 bits per heavy atom. The molecule has 1 aromatic carbocycles. The first-order valence-electron chi connectivity index (χ1n) is 5.31. The number of nitrogens with zero attached hydrogens (tertiary/aromatic N) is 1. The third-order valence-corrected chi connectivity index (χ3v) is 3.21. The number of rotatable bonds is 2. The maximum Gasteiger partial charge on any atom is 0.261 e. The van der Waals surface area contributed by atoms with Crippen LogP contribution in [0.15, 0.2) is 36.4 Å². The highest BCUT2D eigenvalue weighted by Crippen LogP contribution is 2.37. The van der Waals surface area contributed by atoms with E-state index in [1.165, 1.54) is 4.90 Å². The van der Waals surface area contributed by atoms with Gasteiger partial charge in [-0.25, -0.2) is 0 Å². The lowest BCUT2D eigenvalue weighted by atomic mass is 10.1. The van der Waals surface area contributed by atoms with Crippen LogP contribution in [0.1, 0.15) is 27.1 Å². The molecule has 0 unspecified atom stereocenters. The van der Waals surface area contributed by atoms with E-state index in [0.29, 0.717) is 23.6 Å². The fraction of sp³-hybridized carbons (Fsp3) is 0.231. The topological polar surface area (TPSA) is 37.4 Å². The first-order valence-corrected chi connectivity index (χ1v) is 5.31. The minimum Gasteiger partial charge on any atom is -0.274 e. The molecule has 0 bridgehead atoms. The van der Waals surface area contributed by atoms with E-state index in [1.807, 2.05) is 0 Å². The molecule has 3 heteroatoms. The average Bonchev–Trinajstić information content (AvgIpc) is 2.94. The molecule has 1 atom stereocenters. The summed E-state index contributed by atoms with van der Waals surface area (Å²) < 4.78 is 0. The van der Waals surface area contributed by atoms with E-state index in [-0.39, 0.29) is 11.8 Å². The second-order valence-electron chi connectivity index (χ2n) is 4.33. The molecule has 3 rings (SSSR count). The zero-order chi connectivity index (χ0) is 11.3. The molecule has 0 N–H and O–H groups in total. The summed E-state index contributed by atoms with van der Waals surface area (Å²) in [6.45, 7) is 4.33. The van der Waals surface area contributed by atoms with Crippen molar-refractivity contribution in [3.8, 4) is 0 Å². The van der Waals surface area contributed by atoms with E-state index in [4.69, 9.17) is 0 Å². The number of benzene rings is 1. The molecule has 2 aliphatic rings. The molecular formula is C13H11NO2. The van der Waals surface area contributed by atoms with Crippen molar-refractivity contribution in [1.82, 2.24) is 4.90 Å². The molecule has 0 spiro atoms. The van der Waals surface area contributed by atoms with Gasteiger partial charge < -0.3 is 0 Å². The summed E-state index contributed by atoms with van der Waals surface area (Å²) in [5, 5.41) is 0. The van der Waals surface area contributed by atoms with Gasteiger partial charge >= 0.3 is 0 Å². The van der Waals surface area contributed by atoms with Crippen molar-refractivity contribution in [1.29, 1.82) is 0 Å². The van der Waals surface area contributed by atoms with Gasteiger partial charge in [0.2, 0.25) is 0 Å². The Hall–Kier alpha value is -1.90. The maximum atomic E-state index is 12.0. The summed E-state index contributed by atoms with van der Waals surface area (Å²) in [6, 6.07) is 6.97. The van der Waals surface area contributed by atoms with Crippen LogP contribution in [0.4, 0.5) is 0 Å². The Bertz CT molecular complexity index is 483. The van der Waals surface area contributed by atoms with E-state index >= 15 is 0 Å². The van der Waals surface area contributed by atoms with Crippen molar-refractivity contribution in [2.75, 3.05) is 6.54 Å². The van der Waals surface area contributed by atoms with Gasteiger partial charge in [-0.2, -0.15) is 0 Å². The molecule has 80 valence electrons. The first-order chi connectivity index (χ1) is 7.68. The Labute approximate surface area is 93.4 Å². The molecule has 16 heavy (non-hydrogen) atoms. The quantitative estimate of drug-likeness (QED) is 0.555. The lowest BCUT2D eigenvalue weighted by molar-refractivity contribution is 0.0649. The maximum absolute atomic E-state index is 12.0. The van der Waals surface area contributed by atoms with Crippen molar-refractivity contribution in [3.63, 3.8) is 0 Å². The van der Waals surface area contributed by atoms with Crippen LogP contribution >= 0.6 is 0 Å². The molecule has 3 nitrogen and oxygen atoms in total. The number of carbonyl (C=O) groups is 2. The van der Waals surface area contributed by atoms with Gasteiger partial charge in [-0.3, -0.25) is 14.5 Å². The van der Waals surface area contributed by atoms with Gasteiger partial charge in [0.1, 0.15) is 0 Å². The standard InChI is InChI=1S/C13H11NO2/c1-8-6-9(8)7-14-12(15)10-4-2-3-5-11(10)13(14)16/h2-5,9H,1,6-7H2/t9-/m1/s1. The van der Waals surface area contributed by atoms with Gasteiger partial charge in [0.15, 0.2) is 0 Å². The number of fused-ring (bicyclic) bond motifs is 1. The predicted octanol–water partition coefficient (Wildman–Crippen LogP) is 1.86. The van der Waals surface area contributed by atoms with E-state index in [1.54, 1.807) is 24.3 Å². The number of hydrogen-bond acceptors (Lipinski definition) is 2. The molecule has 0 saturated heterocycles. The van der Waals surface area contributed by atoms with Gasteiger partial charge in [-0.05, 0) is 18.6 Å². The van der Waals surface area contributed by atoms with E-state index in [2.05, 4.69) is 6.58 Å². The van der Waals surface area contributed by atoms with Crippen molar-refractivity contribution < 1.29 is 9.59 Å². The molecule has 0 radical (unpaired) electrons. The third-order valence-electron chi connectivity index (χ3n) is 3.21. The van der Waals surface area contributed by atoms with E-state index in [9.17, 15) is 9.59 Å². The SMILES string of the molecule is C=C1C[C@@H]1CN1C(=O)c2ccccc2C1=O.